The van der Waals surface area contributed by atoms with Gasteiger partial charge in [-0.3, -0.25) is 9.36 Å². The number of anilines is 1. The number of phenolic OH excluding ortho intramolecular Hbond substituents is 1. The number of nitrogens with one attached hydrogen (secondary N) is 1. The molecule has 3 heterocycles. The second-order valence-electron chi connectivity index (χ2n) is 6.05. The van der Waals surface area contributed by atoms with E-state index in [2.05, 4.69) is 27.0 Å². The number of fused-ring (bicyclic) bond motifs is 2. The van der Waals surface area contributed by atoms with Crippen molar-refractivity contribution < 1.29 is 14.3 Å². The van der Waals surface area contributed by atoms with E-state index < -0.39 is 11.6 Å². The predicted octanol–water partition coefficient (Wildman–Crippen LogP) is 1.50. The molecule has 0 unspecified atom stereocenters. The van der Waals surface area contributed by atoms with Gasteiger partial charge in [0, 0.05) is 24.2 Å². The van der Waals surface area contributed by atoms with Gasteiger partial charge in [-0.25, -0.2) is 19.0 Å². The Morgan fingerprint density at radius 3 is 3.00 bits per heavy atom. The van der Waals surface area contributed by atoms with E-state index in [9.17, 15) is 14.3 Å². The third-order valence-corrected chi connectivity index (χ3v) is 4.34. The lowest BCUT2D eigenvalue weighted by Crippen LogP contribution is -2.25. The van der Waals surface area contributed by atoms with Crippen LogP contribution in [0.5, 0.6) is 5.75 Å². The number of benzene rings is 1. The minimum absolute atomic E-state index is 0.225. The second kappa shape index (κ2) is 6.65. The molecule has 0 bridgehead atoms. The van der Waals surface area contributed by atoms with Crippen molar-refractivity contribution in [1.82, 2.24) is 29.6 Å². The Hall–Kier alpha value is -3.95. The summed E-state index contributed by atoms with van der Waals surface area (Å²) >= 11 is 0. The molecular formula is C18H16FN7O2. The SMILES string of the molecule is C=CC(=O)NCCn1nc(-n2ccc3cc(O)c(F)cc32)c2c(N)ncnc21. The normalized spacial score (nSPS) is 11.2. The molecule has 0 saturated carbocycles. The lowest BCUT2D eigenvalue weighted by molar-refractivity contribution is -0.116. The molecule has 9 nitrogen and oxygen atoms in total. The number of nitrogens with two attached hydrogens (primary N) is 1. The summed E-state index contributed by atoms with van der Waals surface area (Å²) in [7, 11) is 0. The quantitative estimate of drug-likeness (QED) is 0.450. The molecule has 4 aromatic rings. The average Bonchev–Trinajstić information content (AvgIpc) is 3.24. The summed E-state index contributed by atoms with van der Waals surface area (Å²) in [4.78, 5) is 19.6. The highest BCUT2D eigenvalue weighted by Crippen LogP contribution is 2.30. The van der Waals surface area contributed by atoms with E-state index in [4.69, 9.17) is 5.73 Å². The topological polar surface area (TPSA) is 124 Å². The van der Waals surface area contributed by atoms with Crippen molar-refractivity contribution in [3.8, 4) is 11.6 Å². The molecule has 1 aromatic carbocycles. The van der Waals surface area contributed by atoms with Crippen LogP contribution in [0.2, 0.25) is 0 Å². The van der Waals surface area contributed by atoms with Gasteiger partial charge in [-0.1, -0.05) is 6.58 Å². The maximum atomic E-state index is 13.9. The van der Waals surface area contributed by atoms with E-state index in [0.29, 0.717) is 40.8 Å². The number of hydrogen-bond acceptors (Lipinski definition) is 6. The molecular weight excluding hydrogens is 365 g/mol. The zero-order chi connectivity index (χ0) is 19.8. The van der Waals surface area contributed by atoms with Crippen LogP contribution >= 0.6 is 0 Å². The molecule has 0 spiro atoms. The number of halogens is 1. The van der Waals surface area contributed by atoms with Gasteiger partial charge >= 0.3 is 0 Å². The van der Waals surface area contributed by atoms with Crippen molar-refractivity contribution in [3.63, 3.8) is 0 Å². The van der Waals surface area contributed by atoms with Crippen molar-refractivity contribution in [1.29, 1.82) is 0 Å². The number of nitrogen functional groups attached to an aromatic ring is 1. The summed E-state index contributed by atoms with van der Waals surface area (Å²) in [6.45, 7) is 4.04. The number of amides is 1. The molecule has 4 N–H and O–H groups in total. The van der Waals surface area contributed by atoms with Crippen LogP contribution in [-0.4, -0.2) is 41.9 Å². The van der Waals surface area contributed by atoms with Crippen LogP contribution in [0.4, 0.5) is 10.2 Å². The maximum Gasteiger partial charge on any atom is 0.243 e. The van der Waals surface area contributed by atoms with E-state index >= 15 is 0 Å². The van der Waals surface area contributed by atoms with Crippen molar-refractivity contribution in [2.45, 2.75) is 6.54 Å². The summed E-state index contributed by atoms with van der Waals surface area (Å²) in [5, 5.41) is 18.0. The van der Waals surface area contributed by atoms with Crippen LogP contribution in [0.15, 0.2) is 43.4 Å². The van der Waals surface area contributed by atoms with Crippen LogP contribution in [0.3, 0.4) is 0 Å². The number of carbonyl (C=O) groups is 1. The molecule has 0 radical (unpaired) electrons. The minimum Gasteiger partial charge on any atom is -0.505 e. The van der Waals surface area contributed by atoms with E-state index in [-0.39, 0.29) is 11.7 Å². The third kappa shape index (κ3) is 2.80. The first-order valence-corrected chi connectivity index (χ1v) is 8.37. The molecule has 0 aliphatic heterocycles. The number of aromatic nitrogens is 5. The summed E-state index contributed by atoms with van der Waals surface area (Å²) in [6, 6.07) is 4.29. The molecule has 0 saturated heterocycles. The van der Waals surface area contributed by atoms with Crippen molar-refractivity contribution in [2.24, 2.45) is 0 Å². The monoisotopic (exact) mass is 381 g/mol. The van der Waals surface area contributed by atoms with E-state index in [1.807, 2.05) is 0 Å². The Morgan fingerprint density at radius 1 is 1.39 bits per heavy atom. The van der Waals surface area contributed by atoms with Crippen LogP contribution < -0.4 is 11.1 Å². The maximum absolute atomic E-state index is 13.9. The van der Waals surface area contributed by atoms with Gasteiger partial charge in [-0.05, 0) is 18.2 Å². The molecule has 10 heteroatoms. The molecule has 0 fully saturated rings. The first-order chi connectivity index (χ1) is 13.5. The molecule has 28 heavy (non-hydrogen) atoms. The van der Waals surface area contributed by atoms with Crippen molar-refractivity contribution >= 4 is 33.7 Å². The number of hydrogen-bond donors (Lipinski definition) is 3. The van der Waals surface area contributed by atoms with Crippen LogP contribution in [0, 0.1) is 5.82 Å². The Morgan fingerprint density at radius 2 is 2.21 bits per heavy atom. The fourth-order valence-corrected chi connectivity index (χ4v) is 3.02. The van der Waals surface area contributed by atoms with Crippen LogP contribution in [0.1, 0.15) is 0 Å². The first kappa shape index (κ1) is 17.5. The number of phenols is 1. The zero-order valence-corrected chi connectivity index (χ0v) is 14.6. The minimum atomic E-state index is -0.743. The third-order valence-electron chi connectivity index (χ3n) is 4.34. The number of aromatic hydroxyl groups is 1. The second-order valence-corrected chi connectivity index (χ2v) is 6.05. The fraction of sp³-hybridized carbons (Fsp3) is 0.111. The summed E-state index contributed by atoms with van der Waals surface area (Å²) in [5.41, 5.74) is 7.05. The highest BCUT2D eigenvalue weighted by atomic mass is 19.1. The smallest absolute Gasteiger partial charge is 0.243 e. The molecule has 142 valence electrons. The summed E-state index contributed by atoms with van der Waals surface area (Å²) in [6.07, 6.45) is 4.21. The molecule has 0 aliphatic rings. The first-order valence-electron chi connectivity index (χ1n) is 8.37. The largest absolute Gasteiger partial charge is 0.505 e. The Balaban J connectivity index is 1.85. The number of carbonyl (C=O) groups excluding carboxylic acids is 1. The molecule has 0 atom stereocenters. The molecule has 3 aromatic heterocycles. The molecule has 4 rings (SSSR count). The molecule has 0 aliphatic carbocycles. The standard InChI is InChI=1S/C18H16FN7O2/c1-2-14(28)21-4-6-26-17-15(16(20)22-9-23-17)18(24-26)25-5-3-10-7-13(27)11(19)8-12(10)25/h2-3,5,7-9,27H,1,4,6H2,(H,21,28)(H2,20,22,23). The summed E-state index contributed by atoms with van der Waals surface area (Å²) in [5.74, 6) is -0.822. The Bertz CT molecular complexity index is 1230. The Kier molecular flexibility index (Phi) is 4.15. The van der Waals surface area contributed by atoms with Gasteiger partial charge in [0.2, 0.25) is 5.91 Å². The van der Waals surface area contributed by atoms with Gasteiger partial charge in [-0.15, -0.1) is 0 Å². The van der Waals surface area contributed by atoms with E-state index in [1.54, 1.807) is 21.5 Å². The molecule has 1 amide bonds. The zero-order valence-electron chi connectivity index (χ0n) is 14.6. The van der Waals surface area contributed by atoms with Gasteiger partial charge < -0.3 is 16.2 Å². The van der Waals surface area contributed by atoms with Crippen molar-refractivity contribution in [3.05, 3.63) is 49.2 Å². The predicted molar refractivity (Wildman–Crippen MR) is 101 cm³/mol. The van der Waals surface area contributed by atoms with E-state index in [1.165, 1.54) is 24.5 Å². The number of rotatable bonds is 5. The number of nitrogens with zero attached hydrogens (tertiary/aromatic N) is 5. The fourth-order valence-electron chi connectivity index (χ4n) is 3.02. The van der Waals surface area contributed by atoms with Crippen molar-refractivity contribution in [2.75, 3.05) is 12.3 Å². The lowest BCUT2D eigenvalue weighted by atomic mass is 10.2. The average molecular weight is 381 g/mol. The summed E-state index contributed by atoms with van der Waals surface area (Å²) < 4.78 is 17.2. The van der Waals surface area contributed by atoms with Gasteiger partial charge in [-0.2, -0.15) is 5.10 Å². The lowest BCUT2D eigenvalue weighted by Gasteiger charge is -2.04. The highest BCUT2D eigenvalue weighted by Gasteiger charge is 2.19. The highest BCUT2D eigenvalue weighted by molar-refractivity contribution is 5.95. The Labute approximate surface area is 157 Å². The van der Waals surface area contributed by atoms with E-state index in [0.717, 1.165) is 0 Å². The van der Waals surface area contributed by atoms with Gasteiger partial charge in [0.25, 0.3) is 0 Å². The van der Waals surface area contributed by atoms with Crippen LogP contribution in [0.25, 0.3) is 27.8 Å². The van der Waals surface area contributed by atoms with Gasteiger partial charge in [0.1, 0.15) is 17.5 Å². The van der Waals surface area contributed by atoms with Gasteiger partial charge in [0.05, 0.1) is 12.1 Å². The van der Waals surface area contributed by atoms with Gasteiger partial charge in [0.15, 0.2) is 23.0 Å². The van der Waals surface area contributed by atoms with Crippen LogP contribution in [-0.2, 0) is 11.3 Å².